The van der Waals surface area contributed by atoms with Crippen LogP contribution in [0.1, 0.15) is 85.0 Å². The van der Waals surface area contributed by atoms with Crippen molar-refractivity contribution in [3.8, 4) is 0 Å². The van der Waals surface area contributed by atoms with Crippen molar-refractivity contribution < 1.29 is 5.11 Å². The number of nitrogens with one attached hydrogen (secondary N) is 1. The summed E-state index contributed by atoms with van der Waals surface area (Å²) in [5.74, 6) is 0.459. The fourth-order valence-corrected chi connectivity index (χ4v) is 2.48. The lowest BCUT2D eigenvalue weighted by Gasteiger charge is -2.19. The lowest BCUT2D eigenvalue weighted by Crippen LogP contribution is -2.30. The van der Waals surface area contributed by atoms with Crippen LogP contribution in [0, 0.1) is 5.92 Å². The number of hydrogen-bond acceptors (Lipinski definition) is 2. The van der Waals surface area contributed by atoms with Crippen LogP contribution in [0.2, 0.25) is 0 Å². The molecule has 0 aliphatic rings. The summed E-state index contributed by atoms with van der Waals surface area (Å²) in [5, 5.41) is 12.7. The van der Waals surface area contributed by atoms with Crippen LogP contribution >= 0.6 is 0 Å². The number of rotatable bonds is 14. The maximum absolute atomic E-state index is 9.01. The van der Waals surface area contributed by atoms with Crippen LogP contribution < -0.4 is 5.32 Å². The van der Waals surface area contributed by atoms with Gasteiger partial charge in [-0.2, -0.15) is 0 Å². The van der Waals surface area contributed by atoms with Crippen LogP contribution in [-0.2, 0) is 0 Å². The van der Waals surface area contributed by atoms with Crippen molar-refractivity contribution >= 4 is 0 Å². The second-order valence-electron chi connectivity index (χ2n) is 6.07. The van der Waals surface area contributed by atoms with E-state index in [0.29, 0.717) is 12.5 Å². The third-order valence-corrected chi connectivity index (χ3v) is 3.93. The highest BCUT2D eigenvalue weighted by Gasteiger charge is 2.07. The van der Waals surface area contributed by atoms with Gasteiger partial charge in [-0.05, 0) is 38.1 Å². The topological polar surface area (TPSA) is 32.3 Å². The first kappa shape index (κ1) is 18.9. The summed E-state index contributed by atoms with van der Waals surface area (Å²) in [6.45, 7) is 8.12. The molecule has 0 aromatic heterocycles. The Morgan fingerprint density at radius 1 is 0.842 bits per heavy atom. The molecule has 0 aromatic carbocycles. The fourth-order valence-electron chi connectivity index (χ4n) is 2.48. The molecule has 1 unspecified atom stereocenters. The molecule has 1 atom stereocenters. The minimum Gasteiger partial charge on any atom is -0.396 e. The second-order valence-corrected chi connectivity index (χ2v) is 6.07. The Morgan fingerprint density at radius 2 is 1.42 bits per heavy atom. The lowest BCUT2D eigenvalue weighted by atomic mass is 10.0. The molecule has 0 aliphatic carbocycles. The molecule has 2 nitrogen and oxygen atoms in total. The maximum atomic E-state index is 9.01. The first-order valence-electron chi connectivity index (χ1n) is 8.58. The van der Waals surface area contributed by atoms with E-state index < -0.39 is 0 Å². The Hall–Kier alpha value is -0.0800. The molecular formula is C17H37NO. The van der Waals surface area contributed by atoms with Crippen LogP contribution in [0.4, 0.5) is 0 Å². The van der Waals surface area contributed by atoms with Crippen molar-refractivity contribution in [1.82, 2.24) is 5.32 Å². The highest BCUT2D eigenvalue weighted by molar-refractivity contribution is 4.67. The van der Waals surface area contributed by atoms with E-state index in [4.69, 9.17) is 5.11 Å². The molecule has 0 amide bonds. The van der Waals surface area contributed by atoms with Gasteiger partial charge in [0.2, 0.25) is 0 Å². The molecule has 0 radical (unpaired) electrons. The quantitative estimate of drug-likeness (QED) is 0.455. The molecule has 0 spiro atoms. The van der Waals surface area contributed by atoms with Gasteiger partial charge in [-0.3, -0.25) is 0 Å². The average Bonchev–Trinajstić information content (AvgIpc) is 2.43. The van der Waals surface area contributed by atoms with E-state index in [1.165, 1.54) is 57.8 Å². The van der Waals surface area contributed by atoms with Crippen molar-refractivity contribution in [3.05, 3.63) is 0 Å². The Kier molecular flexibility index (Phi) is 14.3. The van der Waals surface area contributed by atoms with E-state index in [2.05, 4.69) is 26.1 Å². The van der Waals surface area contributed by atoms with Crippen molar-refractivity contribution in [1.29, 1.82) is 0 Å². The van der Waals surface area contributed by atoms with Crippen molar-refractivity contribution in [2.24, 2.45) is 5.92 Å². The molecule has 0 saturated carbocycles. The van der Waals surface area contributed by atoms with E-state index in [-0.39, 0.29) is 0 Å². The van der Waals surface area contributed by atoms with Crippen LogP contribution in [0.15, 0.2) is 0 Å². The van der Waals surface area contributed by atoms with E-state index >= 15 is 0 Å². The molecular weight excluding hydrogens is 234 g/mol. The Balaban J connectivity index is 3.70. The zero-order valence-electron chi connectivity index (χ0n) is 13.6. The van der Waals surface area contributed by atoms with Crippen LogP contribution in [0.5, 0.6) is 0 Å². The highest BCUT2D eigenvalue weighted by atomic mass is 16.3. The zero-order chi connectivity index (χ0) is 14.3. The molecule has 0 saturated heterocycles. The zero-order valence-corrected chi connectivity index (χ0v) is 13.6. The van der Waals surface area contributed by atoms with Crippen molar-refractivity contribution in [2.45, 2.75) is 91.0 Å². The lowest BCUT2D eigenvalue weighted by molar-refractivity contribution is 0.227. The fraction of sp³-hybridized carbons (Fsp3) is 1.00. The van der Waals surface area contributed by atoms with E-state index in [1.807, 2.05) is 0 Å². The van der Waals surface area contributed by atoms with E-state index in [0.717, 1.165) is 19.0 Å². The van der Waals surface area contributed by atoms with Gasteiger partial charge in [-0.1, -0.05) is 59.3 Å². The average molecular weight is 271 g/mol. The predicted octanol–water partition coefficient (Wildman–Crippen LogP) is 4.51. The van der Waals surface area contributed by atoms with Gasteiger partial charge in [0.25, 0.3) is 0 Å². The molecule has 19 heavy (non-hydrogen) atoms. The van der Waals surface area contributed by atoms with Gasteiger partial charge < -0.3 is 10.4 Å². The monoisotopic (exact) mass is 271 g/mol. The summed E-state index contributed by atoms with van der Waals surface area (Å²) >= 11 is 0. The summed E-state index contributed by atoms with van der Waals surface area (Å²) in [5.41, 5.74) is 0. The third kappa shape index (κ3) is 12.7. The van der Waals surface area contributed by atoms with Crippen molar-refractivity contribution in [3.63, 3.8) is 0 Å². The Labute approximate surface area is 121 Å². The van der Waals surface area contributed by atoms with Gasteiger partial charge in [0.05, 0.1) is 0 Å². The Morgan fingerprint density at radius 3 is 1.89 bits per heavy atom. The minimum absolute atomic E-state index is 0.330. The van der Waals surface area contributed by atoms with Crippen LogP contribution in [0.25, 0.3) is 0 Å². The van der Waals surface area contributed by atoms with Gasteiger partial charge in [0.15, 0.2) is 0 Å². The smallest absolute Gasteiger partial charge is 0.0456 e. The van der Waals surface area contributed by atoms with E-state index in [9.17, 15) is 0 Å². The first-order valence-corrected chi connectivity index (χ1v) is 8.58. The van der Waals surface area contributed by atoms with Gasteiger partial charge in [0.1, 0.15) is 0 Å². The molecule has 0 rings (SSSR count). The van der Waals surface area contributed by atoms with Gasteiger partial charge >= 0.3 is 0 Å². The number of unbranched alkanes of at least 4 members (excludes halogenated alkanes) is 4. The predicted molar refractivity (Wildman–Crippen MR) is 85.6 cm³/mol. The highest BCUT2D eigenvalue weighted by Crippen LogP contribution is 2.11. The normalized spacial score (nSPS) is 13.1. The molecule has 116 valence electrons. The summed E-state index contributed by atoms with van der Waals surface area (Å²) in [6, 6.07) is 0.725. The Bertz CT molecular complexity index is 163. The maximum Gasteiger partial charge on any atom is 0.0456 e. The second kappa shape index (κ2) is 14.3. The van der Waals surface area contributed by atoms with Crippen LogP contribution in [0.3, 0.4) is 0 Å². The molecule has 0 heterocycles. The number of aliphatic hydroxyl groups excluding tert-OH is 1. The SMILES string of the molecule is CCCCCC(CCCCC)NCCCC(C)CO. The first-order chi connectivity index (χ1) is 9.24. The number of hydrogen-bond donors (Lipinski definition) is 2. The molecule has 2 N–H and O–H groups in total. The van der Waals surface area contributed by atoms with Gasteiger partial charge in [-0.15, -0.1) is 0 Å². The number of aliphatic hydroxyl groups is 1. The minimum atomic E-state index is 0.330. The molecule has 0 bridgehead atoms. The summed E-state index contributed by atoms with van der Waals surface area (Å²) in [6.07, 6.45) is 13.1. The largest absolute Gasteiger partial charge is 0.396 e. The van der Waals surface area contributed by atoms with Crippen LogP contribution in [-0.4, -0.2) is 24.3 Å². The summed E-state index contributed by atoms with van der Waals surface area (Å²) in [4.78, 5) is 0. The molecule has 0 aliphatic heterocycles. The summed E-state index contributed by atoms with van der Waals surface area (Å²) < 4.78 is 0. The summed E-state index contributed by atoms with van der Waals surface area (Å²) in [7, 11) is 0. The van der Waals surface area contributed by atoms with E-state index in [1.54, 1.807) is 0 Å². The molecule has 0 aromatic rings. The standard InChI is InChI=1S/C17H37NO/c1-4-6-8-12-17(13-9-7-5-2)18-14-10-11-16(3)15-19/h16-19H,4-15H2,1-3H3. The van der Waals surface area contributed by atoms with Gasteiger partial charge in [0, 0.05) is 12.6 Å². The van der Waals surface area contributed by atoms with Gasteiger partial charge in [-0.25, -0.2) is 0 Å². The molecule has 2 heteroatoms. The third-order valence-electron chi connectivity index (χ3n) is 3.93. The molecule has 0 fully saturated rings. The van der Waals surface area contributed by atoms with Crippen molar-refractivity contribution in [2.75, 3.05) is 13.2 Å².